The van der Waals surface area contributed by atoms with Gasteiger partial charge in [-0.05, 0) is 36.8 Å². The lowest BCUT2D eigenvalue weighted by molar-refractivity contribution is 0.415. The van der Waals surface area contributed by atoms with E-state index in [1.165, 1.54) is 6.07 Å². The summed E-state index contributed by atoms with van der Waals surface area (Å²) in [5, 5.41) is 0. The maximum Gasteiger partial charge on any atom is 0.129 e. The van der Waals surface area contributed by atoms with Crippen molar-refractivity contribution < 1.29 is 9.13 Å². The first-order chi connectivity index (χ1) is 10.1. The van der Waals surface area contributed by atoms with Gasteiger partial charge in [0.2, 0.25) is 0 Å². The van der Waals surface area contributed by atoms with E-state index >= 15 is 0 Å². The number of alkyl halides is 1. The lowest BCUT2D eigenvalue weighted by Crippen LogP contribution is -2.00. The van der Waals surface area contributed by atoms with Crippen LogP contribution in [0.1, 0.15) is 11.4 Å². The molecular weight excluding hydrogens is 291 g/mol. The Balaban J connectivity index is 2.26. The summed E-state index contributed by atoms with van der Waals surface area (Å²) in [6.07, 6.45) is 0. The zero-order valence-electron chi connectivity index (χ0n) is 11.7. The Morgan fingerprint density at radius 2 is 2.05 bits per heavy atom. The molecule has 0 fully saturated rings. The van der Waals surface area contributed by atoms with Gasteiger partial charge < -0.3 is 4.74 Å². The largest absolute Gasteiger partial charge is 0.497 e. The van der Waals surface area contributed by atoms with Crippen LogP contribution in [0.4, 0.5) is 4.39 Å². The van der Waals surface area contributed by atoms with Gasteiger partial charge in [0.15, 0.2) is 0 Å². The van der Waals surface area contributed by atoms with Gasteiger partial charge in [-0.2, -0.15) is 0 Å². The number of rotatable bonds is 3. The van der Waals surface area contributed by atoms with Crippen LogP contribution in [0.2, 0.25) is 0 Å². The third kappa shape index (κ3) is 2.36. The van der Waals surface area contributed by atoms with Crippen molar-refractivity contribution in [1.29, 1.82) is 0 Å². The SMILES string of the molecule is COc1ccc2c(c1)nc(CCl)n2-c1ccc(C)c(F)c1. The van der Waals surface area contributed by atoms with E-state index in [0.29, 0.717) is 17.1 Å². The second kappa shape index (κ2) is 5.37. The molecule has 0 bridgehead atoms. The zero-order chi connectivity index (χ0) is 15.0. The number of hydrogen-bond acceptors (Lipinski definition) is 2. The number of aryl methyl sites for hydroxylation is 1. The molecule has 5 heteroatoms. The summed E-state index contributed by atoms with van der Waals surface area (Å²) >= 11 is 5.99. The molecule has 3 nitrogen and oxygen atoms in total. The van der Waals surface area contributed by atoms with Crippen molar-refractivity contribution in [3.63, 3.8) is 0 Å². The van der Waals surface area contributed by atoms with E-state index in [0.717, 1.165) is 16.8 Å². The third-order valence-corrected chi connectivity index (χ3v) is 3.70. The summed E-state index contributed by atoms with van der Waals surface area (Å²) in [6.45, 7) is 1.73. The van der Waals surface area contributed by atoms with Crippen molar-refractivity contribution in [3.05, 3.63) is 53.6 Å². The molecule has 21 heavy (non-hydrogen) atoms. The van der Waals surface area contributed by atoms with Gasteiger partial charge in [-0.1, -0.05) is 6.07 Å². The van der Waals surface area contributed by atoms with Gasteiger partial charge >= 0.3 is 0 Å². The number of benzene rings is 2. The Kier molecular flexibility index (Phi) is 3.55. The molecule has 0 atom stereocenters. The van der Waals surface area contributed by atoms with Crippen LogP contribution in [0.15, 0.2) is 36.4 Å². The number of hydrogen-bond donors (Lipinski definition) is 0. The Bertz CT molecular complexity index is 813. The lowest BCUT2D eigenvalue weighted by Gasteiger charge is -2.09. The summed E-state index contributed by atoms with van der Waals surface area (Å²) < 4.78 is 20.9. The van der Waals surface area contributed by atoms with E-state index in [1.807, 2.05) is 28.8 Å². The molecule has 0 saturated heterocycles. The predicted octanol–water partition coefficient (Wildman–Crippen LogP) is 4.22. The topological polar surface area (TPSA) is 27.1 Å². The van der Waals surface area contributed by atoms with E-state index in [9.17, 15) is 4.39 Å². The second-order valence-corrected chi connectivity index (χ2v) is 5.05. The molecule has 0 aliphatic carbocycles. The number of aromatic nitrogens is 2. The summed E-state index contributed by atoms with van der Waals surface area (Å²) in [4.78, 5) is 4.50. The van der Waals surface area contributed by atoms with Crippen molar-refractivity contribution >= 4 is 22.6 Å². The average Bonchev–Trinajstić information content (AvgIpc) is 2.87. The Morgan fingerprint density at radius 1 is 1.24 bits per heavy atom. The highest BCUT2D eigenvalue weighted by Gasteiger charge is 2.13. The van der Waals surface area contributed by atoms with Gasteiger partial charge in [-0.25, -0.2) is 9.37 Å². The smallest absolute Gasteiger partial charge is 0.129 e. The van der Waals surface area contributed by atoms with Crippen LogP contribution in [0, 0.1) is 12.7 Å². The second-order valence-electron chi connectivity index (χ2n) is 4.79. The van der Waals surface area contributed by atoms with Crippen molar-refractivity contribution in [2.45, 2.75) is 12.8 Å². The minimum Gasteiger partial charge on any atom is -0.497 e. The minimum atomic E-state index is -0.247. The molecule has 0 aliphatic heterocycles. The third-order valence-electron chi connectivity index (χ3n) is 3.46. The Labute approximate surface area is 126 Å². The molecule has 0 unspecified atom stereocenters. The highest BCUT2D eigenvalue weighted by Crippen LogP contribution is 2.26. The van der Waals surface area contributed by atoms with Crippen LogP contribution in [0.25, 0.3) is 16.7 Å². The Morgan fingerprint density at radius 3 is 2.71 bits per heavy atom. The maximum absolute atomic E-state index is 13.8. The number of nitrogens with zero attached hydrogens (tertiary/aromatic N) is 2. The van der Waals surface area contributed by atoms with E-state index in [1.54, 1.807) is 20.1 Å². The highest BCUT2D eigenvalue weighted by atomic mass is 35.5. The first-order valence-electron chi connectivity index (χ1n) is 6.52. The zero-order valence-corrected chi connectivity index (χ0v) is 12.5. The number of fused-ring (bicyclic) bond motifs is 1. The fourth-order valence-corrected chi connectivity index (χ4v) is 2.51. The summed E-state index contributed by atoms with van der Waals surface area (Å²) in [5.74, 6) is 1.39. The molecule has 1 heterocycles. The summed E-state index contributed by atoms with van der Waals surface area (Å²) in [7, 11) is 1.61. The molecule has 0 amide bonds. The number of halogens is 2. The monoisotopic (exact) mass is 304 g/mol. The molecule has 0 aliphatic rings. The summed E-state index contributed by atoms with van der Waals surface area (Å²) in [6, 6.07) is 10.7. The van der Waals surface area contributed by atoms with Crippen LogP contribution < -0.4 is 4.74 Å². The normalized spacial score (nSPS) is 11.0. The molecule has 3 aromatic rings. The highest BCUT2D eigenvalue weighted by molar-refractivity contribution is 6.17. The Hall–Kier alpha value is -2.07. The van der Waals surface area contributed by atoms with Crippen LogP contribution in [0.5, 0.6) is 5.75 Å². The molecule has 1 aromatic heterocycles. The van der Waals surface area contributed by atoms with Crippen molar-refractivity contribution in [2.75, 3.05) is 7.11 Å². The van der Waals surface area contributed by atoms with Gasteiger partial charge in [0.1, 0.15) is 17.4 Å². The molecule has 2 aromatic carbocycles. The number of imidazole rings is 1. The molecule has 0 N–H and O–H groups in total. The fourth-order valence-electron chi connectivity index (χ4n) is 2.34. The van der Waals surface area contributed by atoms with Gasteiger partial charge in [0.05, 0.1) is 29.7 Å². The average molecular weight is 305 g/mol. The van der Waals surface area contributed by atoms with Crippen LogP contribution in [-0.2, 0) is 5.88 Å². The van der Waals surface area contributed by atoms with Crippen molar-refractivity contribution in [1.82, 2.24) is 9.55 Å². The van der Waals surface area contributed by atoms with Gasteiger partial charge in [0.25, 0.3) is 0 Å². The van der Waals surface area contributed by atoms with Crippen LogP contribution >= 0.6 is 11.6 Å². The predicted molar refractivity (Wildman–Crippen MR) is 81.9 cm³/mol. The maximum atomic E-state index is 13.8. The van der Waals surface area contributed by atoms with Crippen LogP contribution in [-0.4, -0.2) is 16.7 Å². The van der Waals surface area contributed by atoms with Gasteiger partial charge in [-0.15, -0.1) is 11.6 Å². The van der Waals surface area contributed by atoms with Crippen LogP contribution in [0.3, 0.4) is 0 Å². The molecular formula is C16H14ClFN2O. The molecule has 0 saturated carbocycles. The summed E-state index contributed by atoms with van der Waals surface area (Å²) in [5.41, 5.74) is 2.96. The van der Waals surface area contributed by atoms with E-state index in [4.69, 9.17) is 16.3 Å². The minimum absolute atomic E-state index is 0.243. The quantitative estimate of drug-likeness (QED) is 0.677. The first kappa shape index (κ1) is 13.9. The number of ether oxygens (including phenoxy) is 1. The fraction of sp³-hybridized carbons (Fsp3) is 0.188. The van der Waals surface area contributed by atoms with Crippen molar-refractivity contribution in [2.24, 2.45) is 0 Å². The van der Waals surface area contributed by atoms with E-state index in [2.05, 4.69) is 4.98 Å². The lowest BCUT2D eigenvalue weighted by atomic mass is 10.2. The molecule has 0 spiro atoms. The molecule has 3 rings (SSSR count). The number of methoxy groups -OCH3 is 1. The molecule has 108 valence electrons. The van der Waals surface area contributed by atoms with Gasteiger partial charge in [-0.3, -0.25) is 4.57 Å². The molecule has 0 radical (unpaired) electrons. The standard InChI is InChI=1S/C16H14ClFN2O/c1-10-3-4-11(7-13(10)18)20-15-6-5-12(21-2)8-14(15)19-16(20)9-17/h3-8H,9H2,1-2H3. The van der Waals surface area contributed by atoms with Crippen molar-refractivity contribution in [3.8, 4) is 11.4 Å². The first-order valence-corrected chi connectivity index (χ1v) is 7.05. The van der Waals surface area contributed by atoms with E-state index < -0.39 is 0 Å². The van der Waals surface area contributed by atoms with E-state index in [-0.39, 0.29) is 11.7 Å². The van der Waals surface area contributed by atoms with Gasteiger partial charge in [0, 0.05) is 6.07 Å².